The van der Waals surface area contributed by atoms with Crippen LogP contribution in [0.4, 0.5) is 4.39 Å². The van der Waals surface area contributed by atoms with Crippen molar-refractivity contribution in [2.75, 3.05) is 0 Å². The molecular weight excluding hydrogens is 255 g/mol. The monoisotopic (exact) mass is 272 g/mol. The number of aromatic nitrogens is 1. The molecule has 0 fully saturated rings. The van der Waals surface area contributed by atoms with Crippen molar-refractivity contribution in [3.8, 4) is 6.07 Å². The summed E-state index contributed by atoms with van der Waals surface area (Å²) in [5, 5.41) is 18.7. The summed E-state index contributed by atoms with van der Waals surface area (Å²) in [7, 11) is 0. The molecule has 0 spiro atoms. The molecule has 0 bridgehead atoms. The van der Waals surface area contributed by atoms with Crippen LogP contribution in [0, 0.1) is 17.1 Å². The number of nitrogens with zero attached hydrogens (tertiary/aromatic N) is 2. The van der Waals surface area contributed by atoms with Gasteiger partial charge in [-0.25, -0.2) is 4.39 Å². The van der Waals surface area contributed by atoms with Gasteiger partial charge in [-0.2, -0.15) is 5.26 Å². The molecular formula is C16H17FN2O. The van der Waals surface area contributed by atoms with Gasteiger partial charge >= 0.3 is 0 Å². The summed E-state index contributed by atoms with van der Waals surface area (Å²) in [5.74, 6) is -0.326. The van der Waals surface area contributed by atoms with E-state index >= 15 is 0 Å². The molecule has 0 saturated carbocycles. The van der Waals surface area contributed by atoms with E-state index < -0.39 is 6.10 Å². The maximum atomic E-state index is 13.7. The fourth-order valence-electron chi connectivity index (χ4n) is 2.16. The lowest BCUT2D eigenvalue weighted by atomic mass is 10.1. The number of benzene rings is 1. The Bertz CT molecular complexity index is 628. The first-order valence-corrected chi connectivity index (χ1v) is 6.66. The van der Waals surface area contributed by atoms with Crippen molar-refractivity contribution in [3.63, 3.8) is 0 Å². The highest BCUT2D eigenvalue weighted by Gasteiger charge is 2.09. The lowest BCUT2D eigenvalue weighted by molar-refractivity contribution is 0.166. The molecule has 0 radical (unpaired) electrons. The average Bonchev–Trinajstić information content (AvgIpc) is 2.90. The number of hydrogen-bond donors (Lipinski definition) is 1. The van der Waals surface area contributed by atoms with Crippen LogP contribution in [0.25, 0.3) is 0 Å². The van der Waals surface area contributed by atoms with Crippen molar-refractivity contribution in [1.82, 2.24) is 4.57 Å². The zero-order chi connectivity index (χ0) is 14.5. The third-order valence-electron chi connectivity index (χ3n) is 3.25. The summed E-state index contributed by atoms with van der Waals surface area (Å²) in [5.41, 5.74) is 1.75. The largest absolute Gasteiger partial charge is 0.388 e. The van der Waals surface area contributed by atoms with Crippen LogP contribution in [0.5, 0.6) is 0 Å². The molecule has 4 heteroatoms. The highest BCUT2D eigenvalue weighted by Crippen LogP contribution is 2.19. The predicted octanol–water partition coefficient (Wildman–Crippen LogP) is 3.38. The molecule has 0 aliphatic heterocycles. The van der Waals surface area contributed by atoms with Crippen LogP contribution in [-0.4, -0.2) is 9.67 Å². The number of aliphatic hydroxyl groups is 1. The maximum Gasteiger partial charge on any atom is 0.128 e. The van der Waals surface area contributed by atoms with E-state index in [1.807, 2.05) is 36.0 Å². The average molecular weight is 272 g/mol. The molecule has 0 aliphatic carbocycles. The van der Waals surface area contributed by atoms with Gasteiger partial charge in [0.25, 0.3) is 0 Å². The van der Waals surface area contributed by atoms with Gasteiger partial charge in [-0.3, -0.25) is 0 Å². The lowest BCUT2D eigenvalue weighted by Gasteiger charge is -2.07. The zero-order valence-corrected chi connectivity index (χ0v) is 11.4. The smallest absolute Gasteiger partial charge is 0.128 e. The molecule has 104 valence electrons. The fraction of sp³-hybridized carbons (Fsp3) is 0.312. The van der Waals surface area contributed by atoms with Crippen molar-refractivity contribution in [2.45, 2.75) is 32.4 Å². The number of rotatable bonds is 5. The van der Waals surface area contributed by atoms with Crippen molar-refractivity contribution < 1.29 is 9.50 Å². The van der Waals surface area contributed by atoms with E-state index in [1.165, 1.54) is 12.1 Å². The van der Waals surface area contributed by atoms with Gasteiger partial charge in [0.15, 0.2) is 0 Å². The summed E-state index contributed by atoms with van der Waals surface area (Å²) in [6.07, 6.45) is 4.77. The quantitative estimate of drug-likeness (QED) is 0.907. The fourth-order valence-corrected chi connectivity index (χ4v) is 2.16. The molecule has 2 rings (SSSR count). The van der Waals surface area contributed by atoms with Crippen molar-refractivity contribution >= 4 is 0 Å². The first-order valence-electron chi connectivity index (χ1n) is 6.66. The van der Waals surface area contributed by atoms with Crippen molar-refractivity contribution in [3.05, 3.63) is 59.2 Å². The van der Waals surface area contributed by atoms with Gasteiger partial charge < -0.3 is 9.67 Å². The third-order valence-corrected chi connectivity index (χ3v) is 3.25. The van der Waals surface area contributed by atoms with Gasteiger partial charge in [0.1, 0.15) is 5.82 Å². The lowest BCUT2D eigenvalue weighted by Crippen LogP contribution is -2.01. The Morgan fingerprint density at radius 3 is 2.90 bits per heavy atom. The first kappa shape index (κ1) is 14.3. The minimum atomic E-state index is -0.475. The Kier molecular flexibility index (Phi) is 4.54. The van der Waals surface area contributed by atoms with E-state index in [2.05, 4.69) is 0 Å². The summed E-state index contributed by atoms with van der Waals surface area (Å²) in [6.45, 7) is 2.36. The van der Waals surface area contributed by atoms with Gasteiger partial charge in [-0.15, -0.1) is 0 Å². The van der Waals surface area contributed by atoms with Crippen LogP contribution in [0.3, 0.4) is 0 Å². The Balaban J connectivity index is 2.17. The minimum absolute atomic E-state index is 0.326. The molecule has 0 saturated heterocycles. The van der Waals surface area contributed by atoms with Crippen LogP contribution in [0.2, 0.25) is 0 Å². The number of hydrogen-bond acceptors (Lipinski definition) is 2. The molecule has 1 aromatic heterocycles. The van der Waals surface area contributed by atoms with Crippen LogP contribution in [0.15, 0.2) is 36.7 Å². The number of nitriles is 1. The van der Waals surface area contributed by atoms with E-state index in [1.54, 1.807) is 6.07 Å². The van der Waals surface area contributed by atoms with E-state index in [9.17, 15) is 9.50 Å². The molecule has 1 N–H and O–H groups in total. The minimum Gasteiger partial charge on any atom is -0.388 e. The molecule has 1 unspecified atom stereocenters. The highest BCUT2D eigenvalue weighted by molar-refractivity contribution is 5.34. The predicted molar refractivity (Wildman–Crippen MR) is 74.5 cm³/mol. The zero-order valence-electron chi connectivity index (χ0n) is 11.4. The summed E-state index contributed by atoms with van der Waals surface area (Å²) in [6, 6.07) is 8.17. The number of halogens is 1. The van der Waals surface area contributed by atoms with Crippen molar-refractivity contribution in [1.29, 1.82) is 5.26 Å². The molecule has 2 aromatic rings. The summed E-state index contributed by atoms with van der Waals surface area (Å²) < 4.78 is 15.5. The second-order valence-electron chi connectivity index (χ2n) is 4.84. The van der Waals surface area contributed by atoms with Crippen LogP contribution < -0.4 is 0 Å². The van der Waals surface area contributed by atoms with Gasteiger partial charge in [0.2, 0.25) is 0 Å². The van der Waals surface area contributed by atoms with Gasteiger partial charge in [0.05, 0.1) is 17.7 Å². The first-order chi connectivity index (χ1) is 9.63. The highest BCUT2D eigenvalue weighted by atomic mass is 19.1. The second-order valence-corrected chi connectivity index (χ2v) is 4.84. The normalized spacial score (nSPS) is 12.1. The maximum absolute atomic E-state index is 13.7. The van der Waals surface area contributed by atoms with Crippen molar-refractivity contribution in [2.24, 2.45) is 0 Å². The van der Waals surface area contributed by atoms with Crippen LogP contribution >= 0.6 is 0 Å². The molecule has 1 heterocycles. The molecule has 3 nitrogen and oxygen atoms in total. The SMILES string of the molecule is CCCC(O)c1ccn(Cc2cc(C#N)ccc2F)c1. The topological polar surface area (TPSA) is 49.0 Å². The number of aliphatic hydroxyl groups excluding tert-OH is 1. The Morgan fingerprint density at radius 2 is 2.20 bits per heavy atom. The van der Waals surface area contributed by atoms with E-state index in [-0.39, 0.29) is 5.82 Å². The van der Waals surface area contributed by atoms with Gasteiger partial charge in [0, 0.05) is 24.5 Å². The Hall–Kier alpha value is -2.12. The van der Waals surface area contributed by atoms with E-state index in [0.717, 1.165) is 12.0 Å². The Labute approximate surface area is 117 Å². The summed E-state index contributed by atoms with van der Waals surface area (Å²) in [4.78, 5) is 0. The van der Waals surface area contributed by atoms with E-state index in [4.69, 9.17) is 5.26 Å². The standard InChI is InChI=1S/C16H17FN2O/c1-2-3-16(20)13-6-7-19(10-13)11-14-8-12(9-18)4-5-15(14)17/h4-8,10,16,20H,2-3,11H2,1H3. The molecule has 1 aromatic carbocycles. The molecule has 0 amide bonds. The molecule has 20 heavy (non-hydrogen) atoms. The second kappa shape index (κ2) is 6.36. The molecule has 0 aliphatic rings. The Morgan fingerprint density at radius 1 is 1.40 bits per heavy atom. The van der Waals surface area contributed by atoms with E-state index in [0.29, 0.717) is 24.1 Å². The van der Waals surface area contributed by atoms with Gasteiger partial charge in [-0.05, 0) is 36.2 Å². The third kappa shape index (κ3) is 3.25. The van der Waals surface area contributed by atoms with Gasteiger partial charge in [-0.1, -0.05) is 13.3 Å². The van der Waals surface area contributed by atoms with Crippen LogP contribution in [-0.2, 0) is 6.54 Å². The van der Waals surface area contributed by atoms with Crippen LogP contribution in [0.1, 0.15) is 42.6 Å². The summed E-state index contributed by atoms with van der Waals surface area (Å²) >= 11 is 0. The molecule has 1 atom stereocenters.